The van der Waals surface area contributed by atoms with E-state index < -0.39 is 351 Å². The highest BCUT2D eigenvalue weighted by Crippen LogP contribution is 2.48. The summed E-state index contributed by atoms with van der Waals surface area (Å²) in [6.07, 6.45) is 0. The maximum atomic E-state index is 10.4. The Hall–Kier alpha value is -8.20. The standard InChI is InChI=1S/C60H39NO/c1-2-13-40(14-3-1)42-25-27-43(28-26-42)44-31-33-49(34-32-44)61(50-19-12-18-46(38-50)47-30-29-41-15-4-5-16-45(41)37-47)57-36-35-54(60-59(57)55-23-10-11-24-58(55)62-60)56-39-48-17-6-7-20-51(48)52-21-8-9-22-53(52)56/h1-39H/i1D,2D,3D,4D,5D,6D,7D,8D,9D,10D,11D,12D,13D,14D,15D,16D,17D,18D,19D,20D,21D,22D,23D,24D,25D,26D,27D,28D,29D,30D,31D,32D,33D,34D,35D,36D,37D,38D,39D. The summed E-state index contributed by atoms with van der Waals surface area (Å²) in [7, 11) is 0. The molecule has 0 amide bonds. The third-order valence-corrected chi connectivity index (χ3v) is 9.50. The van der Waals surface area contributed by atoms with Crippen LogP contribution in [0.15, 0.2) is 240 Å². The largest absolute Gasteiger partial charge is 0.455 e. The molecule has 1 heterocycles. The SMILES string of the molecule is [2H]c1c([2H])c([2H])c(-c2c([2H])c([2H])c(-c3c([2H])c([2H])c(N(c4c([2H])c([2H])c([2H])c(-c5c([2H])c([2H])c6c([2H])c([2H])c([2H])c([2H])c6c5[2H])c4[2H])c4c([2H])c([2H])c(-c5c([2H])c6c([2H])c([2H])c([2H])c([2H])c6c6c([2H])c([2H])c([2H])c([2H])c56)c5oc6c([2H])c([2H])c([2H])c([2H])c6c45)c([2H])c3[2H])c([2H])c2[2H])c([2H])c1[2H]. The molecule has 11 aromatic carbocycles. The number of fused-ring (bicyclic) bond motifs is 7. The van der Waals surface area contributed by atoms with E-state index >= 15 is 0 Å². The molecule has 0 unspecified atom stereocenters. The third kappa shape index (κ3) is 6.12. The molecule has 290 valence electrons. The first-order valence-electron chi connectivity index (χ1n) is 37.6. The van der Waals surface area contributed by atoms with Gasteiger partial charge in [0.1, 0.15) is 11.2 Å². The molecule has 0 bridgehead atoms. The van der Waals surface area contributed by atoms with E-state index in [1.807, 2.05) is 0 Å². The molecule has 0 aliphatic carbocycles. The van der Waals surface area contributed by atoms with Crippen LogP contribution < -0.4 is 4.90 Å². The molecule has 0 aliphatic heterocycles. The summed E-state index contributed by atoms with van der Waals surface area (Å²) in [6, 6.07) is -43.9. The lowest BCUT2D eigenvalue weighted by Crippen LogP contribution is -2.10. The van der Waals surface area contributed by atoms with Gasteiger partial charge >= 0.3 is 0 Å². The van der Waals surface area contributed by atoms with Crippen LogP contribution in [0.4, 0.5) is 17.1 Å². The third-order valence-electron chi connectivity index (χ3n) is 9.50. The number of rotatable bonds is 7. The van der Waals surface area contributed by atoms with Gasteiger partial charge in [-0.15, -0.1) is 0 Å². The predicted octanol–water partition coefficient (Wildman–Crippen LogP) is 17.2. The summed E-state index contributed by atoms with van der Waals surface area (Å²) in [5.74, 6) is 0. The minimum atomic E-state index is -1.47. The topological polar surface area (TPSA) is 16.4 Å². The fourth-order valence-electron chi connectivity index (χ4n) is 6.76. The number of hydrogen-bond acceptors (Lipinski definition) is 2. The van der Waals surface area contributed by atoms with Crippen LogP contribution in [0.5, 0.6) is 0 Å². The zero-order chi connectivity index (χ0) is 74.9. The molecule has 0 saturated carbocycles. The molecule has 0 fully saturated rings. The fourth-order valence-corrected chi connectivity index (χ4v) is 6.76. The van der Waals surface area contributed by atoms with Gasteiger partial charge in [0.15, 0.2) is 0 Å². The average Bonchev–Trinajstić information content (AvgIpc) is 1.68. The first-order valence-corrected chi connectivity index (χ1v) is 18.1. The molecule has 1 aromatic heterocycles. The van der Waals surface area contributed by atoms with Crippen molar-refractivity contribution in [2.24, 2.45) is 0 Å². The van der Waals surface area contributed by atoms with Gasteiger partial charge in [0.2, 0.25) is 0 Å². The first-order chi connectivity index (χ1) is 47.0. The second-order valence-corrected chi connectivity index (χ2v) is 13.0. The van der Waals surface area contributed by atoms with Crippen molar-refractivity contribution >= 4 is 71.3 Å². The van der Waals surface area contributed by atoms with Gasteiger partial charge in [-0.1, -0.05) is 181 Å². The van der Waals surface area contributed by atoms with E-state index in [-0.39, 0.29) is 4.90 Å². The fraction of sp³-hybridized carbons (Fsp3) is 0. The van der Waals surface area contributed by atoms with E-state index in [0.29, 0.717) is 0 Å². The maximum absolute atomic E-state index is 10.4. The zero-order valence-electron chi connectivity index (χ0n) is 69.9. The van der Waals surface area contributed by atoms with Gasteiger partial charge in [0.25, 0.3) is 0 Å². The van der Waals surface area contributed by atoms with Crippen molar-refractivity contribution < 1.29 is 57.9 Å². The zero-order valence-corrected chi connectivity index (χ0v) is 30.9. The Morgan fingerprint density at radius 3 is 1.66 bits per heavy atom. The van der Waals surface area contributed by atoms with Crippen LogP contribution in [0, 0.1) is 0 Å². The summed E-state index contributed by atoms with van der Waals surface area (Å²) < 4.78 is 364. The van der Waals surface area contributed by atoms with Crippen molar-refractivity contribution in [1.82, 2.24) is 0 Å². The van der Waals surface area contributed by atoms with E-state index in [0.717, 1.165) is 0 Å². The molecule has 12 rings (SSSR count). The molecule has 0 radical (unpaired) electrons. The summed E-state index contributed by atoms with van der Waals surface area (Å²) in [5.41, 5.74) is -13.9. The minimum absolute atomic E-state index is 0.264. The lowest BCUT2D eigenvalue weighted by Gasteiger charge is -2.27. The molecule has 0 N–H and O–H groups in total. The molecule has 2 nitrogen and oxygen atoms in total. The van der Waals surface area contributed by atoms with E-state index in [9.17, 15) is 26.0 Å². The molecular formula is C60H39NO. The molecule has 62 heavy (non-hydrogen) atoms. The van der Waals surface area contributed by atoms with Crippen molar-refractivity contribution in [2.75, 3.05) is 4.90 Å². The van der Waals surface area contributed by atoms with Gasteiger partial charge in [-0.3, -0.25) is 0 Å². The minimum Gasteiger partial charge on any atom is -0.455 e. The number of hydrogen-bond donors (Lipinski definition) is 0. The van der Waals surface area contributed by atoms with Crippen molar-refractivity contribution in [3.63, 3.8) is 0 Å². The molecule has 0 aliphatic rings. The Bertz CT molecular complexity index is 5870. The number of benzene rings is 11. The van der Waals surface area contributed by atoms with Crippen LogP contribution >= 0.6 is 0 Å². The molecule has 12 aromatic rings. The van der Waals surface area contributed by atoms with E-state index in [1.165, 1.54) is 0 Å². The lowest BCUT2D eigenvalue weighted by atomic mass is 9.92. The Morgan fingerprint density at radius 2 is 0.887 bits per heavy atom. The normalized spacial score (nSPS) is 20.4. The number of anilines is 3. The van der Waals surface area contributed by atoms with Gasteiger partial charge < -0.3 is 9.32 Å². The lowest BCUT2D eigenvalue weighted by molar-refractivity contribution is 0.670. The van der Waals surface area contributed by atoms with Crippen LogP contribution in [0.25, 0.3) is 98.8 Å². The molecule has 0 spiro atoms. The van der Waals surface area contributed by atoms with E-state index in [4.69, 9.17) is 31.8 Å². The smallest absolute Gasteiger partial charge is 0.145 e. The number of nitrogens with zero attached hydrogens (tertiary/aromatic N) is 1. The van der Waals surface area contributed by atoms with Crippen molar-refractivity contribution in [3.05, 3.63) is 236 Å². The van der Waals surface area contributed by atoms with Crippen molar-refractivity contribution in [3.8, 4) is 44.5 Å². The Morgan fingerprint density at radius 1 is 0.323 bits per heavy atom. The van der Waals surface area contributed by atoms with Gasteiger partial charge in [-0.2, -0.15) is 0 Å². The highest BCUT2D eigenvalue weighted by Gasteiger charge is 2.24. The maximum Gasteiger partial charge on any atom is 0.145 e. The van der Waals surface area contributed by atoms with E-state index in [2.05, 4.69) is 0 Å². The summed E-state index contributed by atoms with van der Waals surface area (Å²) in [5, 5.41) is -6.31. The quantitative estimate of drug-likeness (QED) is 0.149. The molecule has 0 atom stereocenters. The van der Waals surface area contributed by atoms with Gasteiger partial charge in [-0.25, -0.2) is 0 Å². The first kappa shape index (κ1) is 13.9. The summed E-state index contributed by atoms with van der Waals surface area (Å²) in [4.78, 5) is 0.264. The highest BCUT2D eigenvalue weighted by atomic mass is 16.3. The highest BCUT2D eigenvalue weighted by molar-refractivity contribution is 6.21. The number of furan rings is 1. The average molecular weight is 829 g/mol. The monoisotopic (exact) mass is 829 g/mol. The summed E-state index contributed by atoms with van der Waals surface area (Å²) in [6.45, 7) is 0. The molecular weight excluding hydrogens is 751 g/mol. The summed E-state index contributed by atoms with van der Waals surface area (Å²) >= 11 is 0. The Kier molecular flexibility index (Phi) is 3.33. The molecule has 0 saturated heterocycles. The Balaban J connectivity index is 1.33. The van der Waals surface area contributed by atoms with Gasteiger partial charge in [0, 0.05) is 22.3 Å². The predicted molar refractivity (Wildman–Crippen MR) is 263 cm³/mol. The van der Waals surface area contributed by atoms with Crippen LogP contribution in [-0.2, 0) is 0 Å². The number of para-hydroxylation sites is 1. The van der Waals surface area contributed by atoms with Crippen molar-refractivity contribution in [2.45, 2.75) is 0 Å². The Labute approximate surface area is 415 Å². The van der Waals surface area contributed by atoms with Crippen LogP contribution in [0.3, 0.4) is 0 Å². The van der Waals surface area contributed by atoms with Crippen LogP contribution in [0.1, 0.15) is 53.5 Å². The van der Waals surface area contributed by atoms with E-state index in [1.54, 1.807) is 0 Å². The van der Waals surface area contributed by atoms with Gasteiger partial charge in [-0.05, 0) is 126 Å². The van der Waals surface area contributed by atoms with Crippen molar-refractivity contribution in [1.29, 1.82) is 0 Å². The van der Waals surface area contributed by atoms with Crippen LogP contribution in [-0.4, -0.2) is 0 Å². The second-order valence-electron chi connectivity index (χ2n) is 13.0. The van der Waals surface area contributed by atoms with Crippen LogP contribution in [0.2, 0.25) is 0 Å². The van der Waals surface area contributed by atoms with Gasteiger partial charge in [0.05, 0.1) is 64.5 Å². The second kappa shape index (κ2) is 14.8. The molecule has 2 heteroatoms.